The van der Waals surface area contributed by atoms with Crippen molar-refractivity contribution in [1.29, 1.82) is 0 Å². The largest absolute Gasteiger partial charge is 0.481 e. The minimum absolute atomic E-state index is 0.121. The van der Waals surface area contributed by atoms with Crippen LogP contribution in [0.1, 0.15) is 45.4 Å². The number of hydrogen-bond acceptors (Lipinski definition) is 4. The van der Waals surface area contributed by atoms with Gasteiger partial charge in [-0.2, -0.15) is 0 Å². The van der Waals surface area contributed by atoms with E-state index in [0.717, 1.165) is 32.0 Å². The first-order chi connectivity index (χ1) is 10.2. The van der Waals surface area contributed by atoms with Crippen LogP contribution in [-0.2, 0) is 9.53 Å². The number of carboxylic acids is 1. The molecule has 5 nitrogen and oxygen atoms in total. The van der Waals surface area contributed by atoms with Gasteiger partial charge in [-0.1, -0.05) is 6.92 Å². The lowest BCUT2D eigenvalue weighted by Gasteiger charge is -2.37. The Hall–Kier alpha value is -0.650. The molecular weight excluding hydrogens is 268 g/mol. The van der Waals surface area contributed by atoms with E-state index in [1.54, 1.807) is 0 Å². The van der Waals surface area contributed by atoms with E-state index >= 15 is 0 Å². The average Bonchev–Trinajstić information content (AvgIpc) is 2.73. The highest BCUT2D eigenvalue weighted by atomic mass is 16.5. The Bertz CT molecular complexity index is 317. The zero-order chi connectivity index (χ0) is 15.1. The van der Waals surface area contributed by atoms with E-state index in [2.05, 4.69) is 16.7 Å². The van der Waals surface area contributed by atoms with Crippen LogP contribution in [0, 0.1) is 0 Å². The molecule has 1 atom stereocenters. The molecule has 0 spiro atoms. The van der Waals surface area contributed by atoms with Crippen molar-refractivity contribution < 1.29 is 14.6 Å². The van der Waals surface area contributed by atoms with Crippen molar-refractivity contribution in [1.82, 2.24) is 9.80 Å². The van der Waals surface area contributed by atoms with Gasteiger partial charge >= 0.3 is 5.97 Å². The molecule has 2 aliphatic rings. The maximum absolute atomic E-state index is 10.5. The summed E-state index contributed by atoms with van der Waals surface area (Å²) < 4.78 is 5.67. The van der Waals surface area contributed by atoms with Crippen LogP contribution < -0.4 is 0 Å². The van der Waals surface area contributed by atoms with E-state index in [0.29, 0.717) is 6.61 Å². The smallest absolute Gasteiger partial charge is 0.305 e. The van der Waals surface area contributed by atoms with Gasteiger partial charge in [0.2, 0.25) is 0 Å². The van der Waals surface area contributed by atoms with Crippen molar-refractivity contribution in [2.24, 2.45) is 0 Å². The Morgan fingerprint density at radius 2 is 1.90 bits per heavy atom. The van der Waals surface area contributed by atoms with Crippen molar-refractivity contribution >= 4 is 5.97 Å². The minimum atomic E-state index is -0.772. The molecule has 21 heavy (non-hydrogen) atoms. The molecule has 2 heterocycles. The zero-order valence-electron chi connectivity index (χ0n) is 13.3. The van der Waals surface area contributed by atoms with Crippen LogP contribution in [0.15, 0.2) is 0 Å². The third-order valence-electron chi connectivity index (χ3n) is 4.90. The fraction of sp³-hybridized carbons (Fsp3) is 0.938. The van der Waals surface area contributed by atoms with Gasteiger partial charge in [0.05, 0.1) is 19.1 Å². The number of aliphatic carboxylic acids is 1. The van der Waals surface area contributed by atoms with E-state index in [4.69, 9.17) is 9.84 Å². The molecule has 0 bridgehead atoms. The summed E-state index contributed by atoms with van der Waals surface area (Å²) in [5, 5.41) is 8.63. The van der Waals surface area contributed by atoms with Crippen LogP contribution in [-0.4, -0.2) is 72.4 Å². The predicted octanol–water partition coefficient (Wildman–Crippen LogP) is 1.82. The lowest BCUT2D eigenvalue weighted by molar-refractivity contribution is -0.138. The van der Waals surface area contributed by atoms with Gasteiger partial charge < -0.3 is 19.6 Å². The summed E-state index contributed by atoms with van der Waals surface area (Å²) in [6.07, 6.45) is 6.41. The molecule has 0 aromatic heterocycles. The van der Waals surface area contributed by atoms with E-state index in [1.807, 2.05) is 0 Å². The Morgan fingerprint density at radius 3 is 2.57 bits per heavy atom. The quantitative estimate of drug-likeness (QED) is 0.810. The Balaban J connectivity index is 1.67. The second kappa shape index (κ2) is 8.71. The van der Waals surface area contributed by atoms with Crippen molar-refractivity contribution in [3.05, 3.63) is 0 Å². The van der Waals surface area contributed by atoms with Gasteiger partial charge in [-0.3, -0.25) is 4.79 Å². The molecular formula is C16H30N2O3. The van der Waals surface area contributed by atoms with Gasteiger partial charge in [0.1, 0.15) is 0 Å². The molecule has 0 radical (unpaired) electrons. The molecule has 2 fully saturated rings. The average molecular weight is 298 g/mol. The first kappa shape index (κ1) is 16.7. The Labute approximate surface area is 128 Å². The monoisotopic (exact) mass is 298 g/mol. The molecule has 2 aliphatic heterocycles. The molecule has 0 aromatic carbocycles. The number of rotatable bonds is 6. The number of piperidine rings is 1. The molecule has 122 valence electrons. The van der Waals surface area contributed by atoms with E-state index < -0.39 is 5.97 Å². The summed E-state index contributed by atoms with van der Waals surface area (Å²) in [6, 6.07) is 0.738. The van der Waals surface area contributed by atoms with E-state index in [-0.39, 0.29) is 12.5 Å². The molecule has 5 heteroatoms. The fourth-order valence-electron chi connectivity index (χ4n) is 3.54. The molecule has 0 amide bonds. The van der Waals surface area contributed by atoms with Crippen LogP contribution in [0.2, 0.25) is 0 Å². The third kappa shape index (κ3) is 5.57. The number of likely N-dealkylation sites (tertiary alicyclic amines) is 2. The maximum atomic E-state index is 10.5. The third-order valence-corrected chi connectivity index (χ3v) is 4.90. The van der Waals surface area contributed by atoms with Gasteiger partial charge in [-0.05, 0) is 51.7 Å². The van der Waals surface area contributed by atoms with Crippen LogP contribution in [0.3, 0.4) is 0 Å². The molecule has 0 aliphatic carbocycles. The summed E-state index contributed by atoms with van der Waals surface area (Å²) >= 11 is 0. The number of carbonyl (C=O) groups is 1. The molecule has 2 rings (SSSR count). The molecule has 0 saturated carbocycles. The van der Waals surface area contributed by atoms with Crippen molar-refractivity contribution in [3.8, 4) is 0 Å². The summed E-state index contributed by atoms with van der Waals surface area (Å²) in [5.74, 6) is -0.772. The van der Waals surface area contributed by atoms with Gasteiger partial charge in [0.15, 0.2) is 0 Å². The first-order valence-corrected chi connectivity index (χ1v) is 8.49. The van der Waals surface area contributed by atoms with Gasteiger partial charge in [-0.25, -0.2) is 0 Å². The van der Waals surface area contributed by atoms with Gasteiger partial charge in [-0.15, -0.1) is 0 Å². The van der Waals surface area contributed by atoms with E-state index in [9.17, 15) is 4.79 Å². The van der Waals surface area contributed by atoms with Gasteiger partial charge in [0, 0.05) is 19.1 Å². The summed E-state index contributed by atoms with van der Waals surface area (Å²) in [5.41, 5.74) is 0. The topological polar surface area (TPSA) is 53.0 Å². The fourth-order valence-corrected chi connectivity index (χ4v) is 3.54. The van der Waals surface area contributed by atoms with Gasteiger partial charge in [0.25, 0.3) is 0 Å². The second-order valence-electron chi connectivity index (χ2n) is 6.27. The normalized spacial score (nSPS) is 26.6. The first-order valence-electron chi connectivity index (χ1n) is 8.49. The van der Waals surface area contributed by atoms with E-state index in [1.165, 1.54) is 38.9 Å². The highest BCUT2D eigenvalue weighted by Gasteiger charge is 2.26. The number of carboxylic acid groups (broad SMARTS) is 1. The van der Waals surface area contributed by atoms with Crippen LogP contribution in [0.25, 0.3) is 0 Å². The Kier molecular flexibility index (Phi) is 6.93. The highest BCUT2D eigenvalue weighted by molar-refractivity contribution is 5.66. The summed E-state index contributed by atoms with van der Waals surface area (Å²) in [6.45, 7) is 8.47. The minimum Gasteiger partial charge on any atom is -0.481 e. The van der Waals surface area contributed by atoms with Crippen molar-refractivity contribution in [2.45, 2.75) is 57.6 Å². The maximum Gasteiger partial charge on any atom is 0.305 e. The lowest BCUT2D eigenvalue weighted by atomic mass is 10.0. The Morgan fingerprint density at radius 1 is 1.14 bits per heavy atom. The predicted molar refractivity (Wildman–Crippen MR) is 82.6 cm³/mol. The lowest BCUT2D eigenvalue weighted by Crippen LogP contribution is -2.43. The van der Waals surface area contributed by atoms with Crippen molar-refractivity contribution in [2.75, 3.05) is 39.3 Å². The highest BCUT2D eigenvalue weighted by Crippen LogP contribution is 2.22. The van der Waals surface area contributed by atoms with Crippen molar-refractivity contribution in [3.63, 3.8) is 0 Å². The van der Waals surface area contributed by atoms with Crippen LogP contribution in [0.4, 0.5) is 0 Å². The molecule has 0 aromatic rings. The zero-order valence-corrected chi connectivity index (χ0v) is 13.3. The molecule has 2 saturated heterocycles. The molecule has 1 N–H and O–H groups in total. The standard InChI is InChI=1S/C16H30N2O3/c1-2-17-9-3-4-14(5-10-17)18-11-6-15(7-12-18)21-13-8-16(19)20/h14-15H,2-13H2,1H3,(H,19,20). The molecule has 1 unspecified atom stereocenters. The van der Waals surface area contributed by atoms with Crippen LogP contribution >= 0.6 is 0 Å². The summed E-state index contributed by atoms with van der Waals surface area (Å²) in [4.78, 5) is 15.7. The summed E-state index contributed by atoms with van der Waals surface area (Å²) in [7, 11) is 0. The number of ether oxygens (including phenoxy) is 1. The SMILES string of the molecule is CCN1CCCC(N2CCC(OCCC(=O)O)CC2)CC1. The number of hydrogen-bond donors (Lipinski definition) is 1. The van der Waals surface area contributed by atoms with Crippen LogP contribution in [0.5, 0.6) is 0 Å². The second-order valence-corrected chi connectivity index (χ2v) is 6.27. The number of nitrogens with zero attached hydrogens (tertiary/aromatic N) is 2.